The number of hydrogen-bond donors (Lipinski definition) is 2. The summed E-state index contributed by atoms with van der Waals surface area (Å²) in [7, 11) is 0. The largest absolute Gasteiger partial charge is 0.479 e. The summed E-state index contributed by atoms with van der Waals surface area (Å²) in [4.78, 5) is 11.0. The molecule has 0 spiro atoms. The first-order chi connectivity index (χ1) is 11.9. The Kier molecular flexibility index (Phi) is 6.78. The molecule has 3 atom stereocenters. The summed E-state index contributed by atoms with van der Waals surface area (Å²) in [5.74, 6) is -0.615. The summed E-state index contributed by atoms with van der Waals surface area (Å²) in [5, 5.41) is 18.8. The molecule has 1 heterocycles. The van der Waals surface area contributed by atoms with E-state index in [1.807, 2.05) is 13.8 Å². The van der Waals surface area contributed by atoms with Crippen molar-refractivity contribution in [2.75, 3.05) is 0 Å². The Hall–Kier alpha value is -2.12. The van der Waals surface area contributed by atoms with Gasteiger partial charge in [-0.25, -0.2) is 4.79 Å². The molecule has 1 aliphatic heterocycles. The molecule has 1 aromatic rings. The number of hydrogen-bond acceptors (Lipinski definition) is 5. The Balaban J connectivity index is 1.98. The molecule has 25 heavy (non-hydrogen) atoms. The maximum atomic E-state index is 13.2. The molecule has 0 aromatic heterocycles. The van der Waals surface area contributed by atoms with E-state index in [0.717, 1.165) is 11.1 Å². The van der Waals surface area contributed by atoms with Crippen LogP contribution in [0.15, 0.2) is 30.3 Å². The van der Waals surface area contributed by atoms with Crippen molar-refractivity contribution in [3.05, 3.63) is 41.4 Å². The lowest BCUT2D eigenvalue weighted by Gasteiger charge is -2.31. The van der Waals surface area contributed by atoms with Gasteiger partial charge in [-0.05, 0) is 42.7 Å². The van der Waals surface area contributed by atoms with E-state index in [2.05, 4.69) is 0 Å². The van der Waals surface area contributed by atoms with Crippen LogP contribution >= 0.6 is 0 Å². The number of halogens is 1. The van der Waals surface area contributed by atoms with Gasteiger partial charge in [-0.15, -0.1) is 0 Å². The number of aliphatic carboxylic acids is 1. The third-order valence-corrected chi connectivity index (χ3v) is 3.78. The maximum absolute atomic E-state index is 13.2. The minimum atomic E-state index is -1.13. The summed E-state index contributed by atoms with van der Waals surface area (Å²) in [5.41, 5.74) is 1.55. The highest BCUT2D eigenvalue weighted by molar-refractivity contribution is 5.72. The monoisotopic (exact) mass is 354 g/mol. The summed E-state index contributed by atoms with van der Waals surface area (Å²) < 4.78 is 29.3. The third kappa shape index (κ3) is 5.72. The van der Waals surface area contributed by atoms with Crippen LogP contribution < -0.4 is 4.74 Å². The average molecular weight is 354 g/mol. The number of allylic oxidation sites excluding steroid dienone is 1. The second kappa shape index (κ2) is 8.82. The number of ether oxygens (including phenoxy) is 3. The lowest BCUT2D eigenvalue weighted by atomic mass is 10.1. The van der Waals surface area contributed by atoms with Crippen LogP contribution in [0.25, 0.3) is 0 Å². The van der Waals surface area contributed by atoms with Gasteiger partial charge in [-0.3, -0.25) is 0 Å². The average Bonchev–Trinajstić information content (AvgIpc) is 2.55. The van der Waals surface area contributed by atoms with Gasteiger partial charge in [0.15, 0.2) is 6.10 Å². The van der Waals surface area contributed by atoms with Crippen LogP contribution in [-0.4, -0.2) is 34.7 Å². The molecule has 6 nitrogen and oxygen atoms in total. The lowest BCUT2D eigenvalue weighted by Crippen LogP contribution is -2.42. The molecule has 1 fully saturated rings. The number of aliphatic hydroxyl groups excluding tert-OH is 1. The molecule has 0 aliphatic carbocycles. The SMILES string of the molecule is CC/C=C(/F)OCc1ccc(OC2CC(O)CC(C(=O)O)O2)c(C)c1. The van der Waals surface area contributed by atoms with Crippen LogP contribution in [0, 0.1) is 6.92 Å². The number of carbonyl (C=O) groups is 1. The molecular formula is C18H23FO6. The first-order valence-electron chi connectivity index (χ1n) is 8.20. The molecular weight excluding hydrogens is 331 g/mol. The molecule has 0 saturated carbocycles. The Bertz CT molecular complexity index is 630. The smallest absolute Gasteiger partial charge is 0.333 e. The van der Waals surface area contributed by atoms with Gasteiger partial charge >= 0.3 is 5.97 Å². The van der Waals surface area contributed by atoms with Crippen LogP contribution in [0.5, 0.6) is 5.75 Å². The maximum Gasteiger partial charge on any atom is 0.333 e. The lowest BCUT2D eigenvalue weighted by molar-refractivity contribution is -0.195. The van der Waals surface area contributed by atoms with Gasteiger partial charge in [0.2, 0.25) is 6.29 Å². The fourth-order valence-corrected chi connectivity index (χ4v) is 2.54. The highest BCUT2D eigenvalue weighted by Crippen LogP contribution is 2.26. The molecule has 7 heteroatoms. The van der Waals surface area contributed by atoms with Gasteiger partial charge < -0.3 is 24.4 Å². The number of carboxylic acid groups (broad SMARTS) is 1. The van der Waals surface area contributed by atoms with E-state index in [0.29, 0.717) is 12.2 Å². The number of benzene rings is 1. The number of aryl methyl sites for hydroxylation is 1. The third-order valence-electron chi connectivity index (χ3n) is 3.78. The number of aliphatic hydroxyl groups is 1. The first kappa shape index (κ1) is 19.2. The molecule has 1 aliphatic rings. The van der Waals surface area contributed by atoms with Crippen molar-refractivity contribution in [3.8, 4) is 5.75 Å². The Labute approximate surface area is 145 Å². The Morgan fingerprint density at radius 1 is 1.44 bits per heavy atom. The van der Waals surface area contributed by atoms with Crippen molar-refractivity contribution in [2.24, 2.45) is 0 Å². The molecule has 3 unspecified atom stereocenters. The van der Waals surface area contributed by atoms with Gasteiger partial charge in [-0.2, -0.15) is 4.39 Å². The van der Waals surface area contributed by atoms with E-state index in [9.17, 15) is 14.3 Å². The van der Waals surface area contributed by atoms with Crippen LogP contribution in [0.4, 0.5) is 4.39 Å². The van der Waals surface area contributed by atoms with Gasteiger partial charge in [-0.1, -0.05) is 13.0 Å². The summed E-state index contributed by atoms with van der Waals surface area (Å²) in [6, 6.07) is 4.61. The van der Waals surface area contributed by atoms with Crippen LogP contribution in [0.2, 0.25) is 0 Å². The molecule has 1 aromatic carbocycles. The van der Waals surface area contributed by atoms with E-state index < -0.39 is 30.5 Å². The quantitative estimate of drug-likeness (QED) is 0.732. The zero-order valence-corrected chi connectivity index (χ0v) is 14.3. The highest BCUT2D eigenvalue weighted by atomic mass is 19.1. The minimum absolute atomic E-state index is 0.0430. The zero-order chi connectivity index (χ0) is 18.4. The normalized spacial score (nSPS) is 24.0. The zero-order valence-electron chi connectivity index (χ0n) is 14.3. The van der Waals surface area contributed by atoms with E-state index in [4.69, 9.17) is 19.3 Å². The van der Waals surface area contributed by atoms with Crippen molar-refractivity contribution in [1.82, 2.24) is 0 Å². The molecule has 0 radical (unpaired) electrons. The molecule has 1 saturated heterocycles. The summed E-state index contributed by atoms with van der Waals surface area (Å²) in [6.07, 6.45) is -0.564. The fraction of sp³-hybridized carbons (Fsp3) is 0.500. The molecule has 0 amide bonds. The standard InChI is InChI=1S/C18H23FO6/c1-3-4-16(19)23-10-12-5-6-14(11(2)7-12)24-17-9-13(20)8-15(25-17)18(21)22/h4-7,13,15,17,20H,3,8-10H2,1-2H3,(H,21,22)/b16-4-. The summed E-state index contributed by atoms with van der Waals surface area (Å²) in [6.45, 7) is 3.73. The van der Waals surface area contributed by atoms with E-state index in [-0.39, 0.29) is 19.4 Å². The van der Waals surface area contributed by atoms with Gasteiger partial charge in [0.1, 0.15) is 12.4 Å². The minimum Gasteiger partial charge on any atom is -0.479 e. The van der Waals surface area contributed by atoms with Gasteiger partial charge in [0.25, 0.3) is 6.01 Å². The number of rotatable bonds is 7. The fourth-order valence-electron chi connectivity index (χ4n) is 2.54. The van der Waals surface area contributed by atoms with E-state index in [1.165, 1.54) is 6.08 Å². The van der Waals surface area contributed by atoms with E-state index in [1.54, 1.807) is 18.2 Å². The van der Waals surface area contributed by atoms with Gasteiger partial charge in [0, 0.05) is 12.8 Å². The highest BCUT2D eigenvalue weighted by Gasteiger charge is 2.34. The molecule has 2 N–H and O–H groups in total. The second-order valence-electron chi connectivity index (χ2n) is 5.94. The second-order valence-corrected chi connectivity index (χ2v) is 5.94. The first-order valence-corrected chi connectivity index (χ1v) is 8.20. The Morgan fingerprint density at radius 2 is 2.20 bits per heavy atom. The molecule has 138 valence electrons. The summed E-state index contributed by atoms with van der Waals surface area (Å²) >= 11 is 0. The van der Waals surface area contributed by atoms with E-state index >= 15 is 0 Å². The Morgan fingerprint density at radius 3 is 2.84 bits per heavy atom. The van der Waals surface area contributed by atoms with Crippen molar-refractivity contribution in [1.29, 1.82) is 0 Å². The molecule has 2 rings (SSSR count). The van der Waals surface area contributed by atoms with Crippen molar-refractivity contribution in [3.63, 3.8) is 0 Å². The van der Waals surface area contributed by atoms with Crippen molar-refractivity contribution in [2.45, 2.75) is 58.2 Å². The van der Waals surface area contributed by atoms with Crippen LogP contribution in [0.3, 0.4) is 0 Å². The van der Waals surface area contributed by atoms with Crippen molar-refractivity contribution < 1.29 is 33.6 Å². The van der Waals surface area contributed by atoms with Crippen LogP contribution in [-0.2, 0) is 20.9 Å². The van der Waals surface area contributed by atoms with Gasteiger partial charge in [0.05, 0.1) is 6.10 Å². The molecule has 0 bridgehead atoms. The van der Waals surface area contributed by atoms with Crippen molar-refractivity contribution >= 4 is 5.97 Å². The predicted octanol–water partition coefficient (Wildman–Crippen LogP) is 3.06. The number of carboxylic acids is 1. The van der Waals surface area contributed by atoms with Crippen LogP contribution in [0.1, 0.15) is 37.3 Å². The topological polar surface area (TPSA) is 85.2 Å². The predicted molar refractivity (Wildman–Crippen MR) is 87.6 cm³/mol.